The number of esters is 1. The van der Waals surface area contributed by atoms with Gasteiger partial charge in [-0.1, -0.05) is 0 Å². The second-order valence-corrected chi connectivity index (χ2v) is 6.90. The summed E-state index contributed by atoms with van der Waals surface area (Å²) in [6.07, 6.45) is 0. The quantitative estimate of drug-likeness (QED) is 0.740. The Labute approximate surface area is 137 Å². The maximum absolute atomic E-state index is 11.7. The van der Waals surface area contributed by atoms with Crippen molar-refractivity contribution in [3.05, 3.63) is 50.1 Å². The molecule has 0 spiro atoms. The number of ether oxygens (including phenoxy) is 1. The van der Waals surface area contributed by atoms with Crippen LogP contribution >= 0.6 is 27.3 Å². The molecule has 112 valence electrons. The number of aryl methyl sites for hydroxylation is 1. The SMILES string of the molecule is CCOC(=O)c1ccc(NC(C)c2ccc(C)s2)c(Br)c1. The van der Waals surface area contributed by atoms with Crippen molar-refractivity contribution in [2.24, 2.45) is 0 Å². The average molecular weight is 368 g/mol. The summed E-state index contributed by atoms with van der Waals surface area (Å²) in [6, 6.07) is 9.93. The highest BCUT2D eigenvalue weighted by Crippen LogP contribution is 2.30. The van der Waals surface area contributed by atoms with Gasteiger partial charge >= 0.3 is 5.97 Å². The van der Waals surface area contributed by atoms with Gasteiger partial charge in [-0.2, -0.15) is 0 Å². The van der Waals surface area contributed by atoms with Crippen molar-refractivity contribution < 1.29 is 9.53 Å². The zero-order chi connectivity index (χ0) is 15.4. The molecule has 5 heteroatoms. The molecule has 3 nitrogen and oxygen atoms in total. The van der Waals surface area contributed by atoms with E-state index < -0.39 is 0 Å². The van der Waals surface area contributed by atoms with Crippen molar-refractivity contribution in [3.63, 3.8) is 0 Å². The van der Waals surface area contributed by atoms with Crippen molar-refractivity contribution in [1.29, 1.82) is 0 Å². The number of carbonyl (C=O) groups excluding carboxylic acids is 1. The van der Waals surface area contributed by atoms with Crippen LogP contribution in [0.15, 0.2) is 34.8 Å². The number of benzene rings is 1. The lowest BCUT2D eigenvalue weighted by Gasteiger charge is -2.15. The van der Waals surface area contributed by atoms with Crippen LogP contribution in [0.4, 0.5) is 5.69 Å². The number of anilines is 1. The third-order valence-electron chi connectivity index (χ3n) is 3.04. The first-order chi connectivity index (χ1) is 10.0. The third-order valence-corrected chi connectivity index (χ3v) is 4.88. The lowest BCUT2D eigenvalue weighted by molar-refractivity contribution is 0.0526. The molecule has 1 N–H and O–H groups in total. The Morgan fingerprint density at radius 2 is 2.14 bits per heavy atom. The Balaban J connectivity index is 2.12. The number of carbonyl (C=O) groups is 1. The second-order valence-electron chi connectivity index (χ2n) is 4.73. The number of nitrogens with one attached hydrogen (secondary N) is 1. The second kappa shape index (κ2) is 7.09. The summed E-state index contributed by atoms with van der Waals surface area (Å²) in [4.78, 5) is 14.3. The van der Waals surface area contributed by atoms with E-state index in [4.69, 9.17) is 4.74 Å². The van der Waals surface area contributed by atoms with Gasteiger partial charge in [0, 0.05) is 19.9 Å². The van der Waals surface area contributed by atoms with Crippen LogP contribution in [0.2, 0.25) is 0 Å². The van der Waals surface area contributed by atoms with E-state index >= 15 is 0 Å². The molecule has 0 bridgehead atoms. The number of rotatable bonds is 5. The van der Waals surface area contributed by atoms with Gasteiger partial charge in [0.15, 0.2) is 0 Å². The third kappa shape index (κ3) is 4.08. The summed E-state index contributed by atoms with van der Waals surface area (Å²) in [7, 11) is 0. The molecule has 1 atom stereocenters. The predicted octanol–water partition coefficient (Wildman–Crippen LogP) is 5.17. The summed E-state index contributed by atoms with van der Waals surface area (Å²) in [6.45, 7) is 6.40. The minimum absolute atomic E-state index is 0.216. The zero-order valence-corrected chi connectivity index (χ0v) is 14.7. The smallest absolute Gasteiger partial charge is 0.338 e. The fraction of sp³-hybridized carbons (Fsp3) is 0.312. The minimum atomic E-state index is -0.299. The van der Waals surface area contributed by atoms with Crippen LogP contribution in [0.1, 0.15) is 40.0 Å². The first kappa shape index (κ1) is 16.0. The van der Waals surface area contributed by atoms with E-state index in [0.29, 0.717) is 12.2 Å². The lowest BCUT2D eigenvalue weighted by Crippen LogP contribution is -2.07. The molecule has 0 aliphatic rings. The Kier molecular flexibility index (Phi) is 5.42. The molecule has 0 saturated carbocycles. The standard InChI is InChI=1S/C16H18BrNO2S/c1-4-20-16(19)12-6-7-14(13(17)9-12)18-11(3)15-8-5-10(2)21-15/h5-9,11,18H,4H2,1-3H3. The summed E-state index contributed by atoms with van der Waals surface area (Å²) < 4.78 is 5.85. The average Bonchev–Trinajstić information content (AvgIpc) is 2.88. The first-order valence-electron chi connectivity index (χ1n) is 6.80. The molecule has 1 unspecified atom stereocenters. The Hall–Kier alpha value is -1.33. The molecule has 21 heavy (non-hydrogen) atoms. The Morgan fingerprint density at radius 1 is 1.38 bits per heavy atom. The number of hydrogen-bond donors (Lipinski definition) is 1. The van der Waals surface area contributed by atoms with Crippen LogP contribution in [0.25, 0.3) is 0 Å². The van der Waals surface area contributed by atoms with Crippen molar-refractivity contribution >= 4 is 38.9 Å². The molecule has 2 aromatic rings. The molecular weight excluding hydrogens is 350 g/mol. The van der Waals surface area contributed by atoms with Gasteiger partial charge in [0.1, 0.15) is 0 Å². The van der Waals surface area contributed by atoms with Crippen molar-refractivity contribution in [2.45, 2.75) is 26.8 Å². The Morgan fingerprint density at radius 3 is 2.71 bits per heavy atom. The molecule has 2 rings (SSSR count). The van der Waals surface area contributed by atoms with E-state index in [1.165, 1.54) is 9.75 Å². The fourth-order valence-electron chi connectivity index (χ4n) is 1.96. The van der Waals surface area contributed by atoms with Gasteiger partial charge in [-0.05, 0) is 67.0 Å². The van der Waals surface area contributed by atoms with Crippen molar-refractivity contribution in [1.82, 2.24) is 0 Å². The number of hydrogen-bond acceptors (Lipinski definition) is 4. The van der Waals surface area contributed by atoms with Gasteiger partial charge in [-0.15, -0.1) is 11.3 Å². The molecular formula is C16H18BrNO2S. The first-order valence-corrected chi connectivity index (χ1v) is 8.41. The largest absolute Gasteiger partial charge is 0.462 e. The van der Waals surface area contributed by atoms with Crippen molar-refractivity contribution in [3.8, 4) is 0 Å². The van der Waals surface area contributed by atoms with E-state index in [1.807, 2.05) is 6.07 Å². The zero-order valence-electron chi connectivity index (χ0n) is 12.3. The number of thiophene rings is 1. The normalized spacial score (nSPS) is 12.0. The van der Waals surface area contributed by atoms with Crippen LogP contribution in [0.3, 0.4) is 0 Å². The summed E-state index contributed by atoms with van der Waals surface area (Å²) in [5, 5.41) is 3.45. The molecule has 0 aliphatic carbocycles. The summed E-state index contributed by atoms with van der Waals surface area (Å²) >= 11 is 5.29. The van der Waals surface area contributed by atoms with E-state index in [1.54, 1.807) is 30.4 Å². The molecule has 0 radical (unpaired) electrons. The predicted molar refractivity (Wildman–Crippen MR) is 91.2 cm³/mol. The highest BCUT2D eigenvalue weighted by atomic mass is 79.9. The fourth-order valence-corrected chi connectivity index (χ4v) is 3.34. The molecule has 0 fully saturated rings. The maximum Gasteiger partial charge on any atom is 0.338 e. The van der Waals surface area contributed by atoms with E-state index in [-0.39, 0.29) is 12.0 Å². The van der Waals surface area contributed by atoms with E-state index in [0.717, 1.165) is 10.2 Å². The molecule has 1 heterocycles. The van der Waals surface area contributed by atoms with Crippen LogP contribution in [0, 0.1) is 6.92 Å². The van der Waals surface area contributed by atoms with Crippen LogP contribution < -0.4 is 5.32 Å². The van der Waals surface area contributed by atoms with Gasteiger partial charge in [0.05, 0.1) is 18.2 Å². The molecule has 1 aromatic heterocycles. The maximum atomic E-state index is 11.7. The van der Waals surface area contributed by atoms with Gasteiger partial charge in [-0.3, -0.25) is 0 Å². The van der Waals surface area contributed by atoms with Crippen LogP contribution in [-0.2, 0) is 4.74 Å². The van der Waals surface area contributed by atoms with Gasteiger partial charge in [-0.25, -0.2) is 4.79 Å². The highest BCUT2D eigenvalue weighted by molar-refractivity contribution is 9.10. The number of halogens is 1. The van der Waals surface area contributed by atoms with E-state index in [2.05, 4.69) is 47.2 Å². The molecule has 1 aromatic carbocycles. The van der Waals surface area contributed by atoms with Gasteiger partial charge in [0.25, 0.3) is 0 Å². The Bertz CT molecular complexity index is 639. The van der Waals surface area contributed by atoms with Crippen molar-refractivity contribution in [2.75, 3.05) is 11.9 Å². The van der Waals surface area contributed by atoms with Gasteiger partial charge in [0.2, 0.25) is 0 Å². The highest BCUT2D eigenvalue weighted by Gasteiger charge is 2.12. The summed E-state index contributed by atoms with van der Waals surface area (Å²) in [5.74, 6) is -0.299. The monoisotopic (exact) mass is 367 g/mol. The van der Waals surface area contributed by atoms with Crippen LogP contribution in [-0.4, -0.2) is 12.6 Å². The molecule has 0 saturated heterocycles. The van der Waals surface area contributed by atoms with Gasteiger partial charge < -0.3 is 10.1 Å². The molecule has 0 amide bonds. The van der Waals surface area contributed by atoms with E-state index in [9.17, 15) is 4.79 Å². The lowest BCUT2D eigenvalue weighted by atomic mass is 10.2. The topological polar surface area (TPSA) is 38.3 Å². The summed E-state index contributed by atoms with van der Waals surface area (Å²) in [5.41, 5.74) is 1.51. The van der Waals surface area contributed by atoms with Crippen LogP contribution in [0.5, 0.6) is 0 Å². The molecule has 0 aliphatic heterocycles. The minimum Gasteiger partial charge on any atom is -0.462 e.